The molecule has 0 bridgehead atoms. The van der Waals surface area contributed by atoms with E-state index < -0.39 is 0 Å². The normalized spacial score (nSPS) is 21.0. The van der Waals surface area contributed by atoms with Crippen LogP contribution >= 0.6 is 0 Å². The van der Waals surface area contributed by atoms with Crippen LogP contribution in [-0.4, -0.2) is 41.9 Å². The first-order valence-electron chi connectivity index (χ1n) is 10.5. The van der Waals surface area contributed by atoms with Gasteiger partial charge in [0.2, 0.25) is 0 Å². The Kier molecular flexibility index (Phi) is 5.60. The third-order valence-corrected chi connectivity index (χ3v) is 6.15. The number of aryl methyl sites for hydroxylation is 1. The maximum atomic E-state index is 12.8. The van der Waals surface area contributed by atoms with Gasteiger partial charge in [0, 0.05) is 43.7 Å². The number of hydrogen-bond acceptors (Lipinski definition) is 5. The number of aromatic nitrogens is 2. The van der Waals surface area contributed by atoms with Crippen molar-refractivity contribution >= 4 is 17.4 Å². The molecule has 0 radical (unpaired) electrons. The molecule has 0 amide bonds. The molecule has 1 aromatic heterocycles. The fourth-order valence-corrected chi connectivity index (χ4v) is 4.40. The molecule has 1 aromatic carbocycles. The van der Waals surface area contributed by atoms with Gasteiger partial charge in [0.05, 0.1) is 0 Å². The van der Waals surface area contributed by atoms with Gasteiger partial charge in [0.15, 0.2) is 5.78 Å². The molecule has 5 nitrogen and oxygen atoms in total. The second-order valence-electron chi connectivity index (χ2n) is 8.42. The number of Topliss-reactive ketones (excluding diaryl/α,β-unsaturated/α-hetero) is 1. The van der Waals surface area contributed by atoms with Crippen LogP contribution in [-0.2, 0) is 0 Å². The molecule has 0 saturated carbocycles. The molecule has 0 spiro atoms. The predicted molar refractivity (Wildman–Crippen MR) is 113 cm³/mol. The largest absolute Gasteiger partial charge is 0.356 e. The molecule has 4 rings (SSSR count). The maximum Gasteiger partial charge on any atom is 0.166 e. The predicted octanol–water partition coefficient (Wildman–Crippen LogP) is 4.12. The number of carbonyl (C=O) groups excluding carboxylic acids is 1. The van der Waals surface area contributed by atoms with Crippen LogP contribution < -0.4 is 9.80 Å². The fourth-order valence-electron chi connectivity index (χ4n) is 4.40. The van der Waals surface area contributed by atoms with Gasteiger partial charge in [-0.25, -0.2) is 9.97 Å². The van der Waals surface area contributed by atoms with Crippen molar-refractivity contribution in [3.63, 3.8) is 0 Å². The zero-order chi connectivity index (χ0) is 19.5. The van der Waals surface area contributed by atoms with Crippen LogP contribution in [0.4, 0.5) is 11.6 Å². The van der Waals surface area contributed by atoms with E-state index in [2.05, 4.69) is 32.8 Å². The lowest BCUT2D eigenvalue weighted by Gasteiger charge is -2.34. The Morgan fingerprint density at radius 1 is 0.964 bits per heavy atom. The Hall–Kier alpha value is -2.43. The third kappa shape index (κ3) is 4.18. The van der Waals surface area contributed by atoms with E-state index in [-0.39, 0.29) is 11.7 Å². The highest BCUT2D eigenvalue weighted by atomic mass is 16.1. The number of nitrogens with zero attached hydrogens (tertiary/aromatic N) is 4. The van der Waals surface area contributed by atoms with Gasteiger partial charge in [-0.1, -0.05) is 36.8 Å². The summed E-state index contributed by atoms with van der Waals surface area (Å²) in [6.07, 6.45) is 5.98. The van der Waals surface area contributed by atoms with Crippen LogP contribution in [0.3, 0.4) is 0 Å². The first-order chi connectivity index (χ1) is 13.6. The van der Waals surface area contributed by atoms with Crippen LogP contribution in [0.15, 0.2) is 36.7 Å². The minimum atomic E-state index is 0.114. The molecule has 0 aliphatic carbocycles. The van der Waals surface area contributed by atoms with Crippen LogP contribution in [0.1, 0.15) is 48.5 Å². The summed E-state index contributed by atoms with van der Waals surface area (Å²) in [7, 11) is 0. The van der Waals surface area contributed by atoms with E-state index >= 15 is 0 Å². The molecule has 148 valence electrons. The van der Waals surface area contributed by atoms with Crippen molar-refractivity contribution in [3.8, 4) is 0 Å². The molecule has 1 unspecified atom stereocenters. The summed E-state index contributed by atoms with van der Waals surface area (Å²) >= 11 is 0. The standard InChI is InChI=1S/C23H30N4O/c1-17-5-7-19(8-6-17)23(28)20-9-12-26(13-10-20)21-14-22(25-16-24-21)27-11-3-4-18(2)15-27/h5-8,14,16,18,20H,3-4,9-13,15H2,1-2H3. The monoisotopic (exact) mass is 378 g/mol. The molecular weight excluding hydrogens is 348 g/mol. The minimum Gasteiger partial charge on any atom is -0.356 e. The molecule has 2 aliphatic rings. The van der Waals surface area contributed by atoms with Crippen LogP contribution in [0.5, 0.6) is 0 Å². The van der Waals surface area contributed by atoms with Crippen molar-refractivity contribution in [1.29, 1.82) is 0 Å². The summed E-state index contributed by atoms with van der Waals surface area (Å²) in [5.74, 6) is 3.14. The molecule has 28 heavy (non-hydrogen) atoms. The van der Waals surface area contributed by atoms with Gasteiger partial charge in [-0.3, -0.25) is 4.79 Å². The SMILES string of the molecule is Cc1ccc(C(=O)C2CCN(c3cc(N4CCCC(C)C4)ncn3)CC2)cc1. The number of ketones is 1. The van der Waals surface area contributed by atoms with Gasteiger partial charge in [-0.15, -0.1) is 0 Å². The fraction of sp³-hybridized carbons (Fsp3) is 0.522. The summed E-state index contributed by atoms with van der Waals surface area (Å²) in [5, 5.41) is 0. The molecule has 1 atom stereocenters. The Balaban J connectivity index is 1.39. The average molecular weight is 379 g/mol. The zero-order valence-corrected chi connectivity index (χ0v) is 17.0. The van der Waals surface area contributed by atoms with Gasteiger partial charge < -0.3 is 9.80 Å². The lowest BCUT2D eigenvalue weighted by atomic mass is 9.88. The molecule has 0 N–H and O–H groups in total. The number of piperidine rings is 2. The molecule has 3 heterocycles. The summed E-state index contributed by atoms with van der Waals surface area (Å²) < 4.78 is 0. The van der Waals surface area contributed by atoms with Crippen molar-refractivity contribution in [2.24, 2.45) is 11.8 Å². The highest BCUT2D eigenvalue weighted by Crippen LogP contribution is 2.27. The first kappa shape index (κ1) is 18.9. The van der Waals surface area contributed by atoms with Crippen LogP contribution in [0.25, 0.3) is 0 Å². The van der Waals surface area contributed by atoms with Gasteiger partial charge in [0.1, 0.15) is 18.0 Å². The molecule has 2 saturated heterocycles. The van der Waals surface area contributed by atoms with Gasteiger partial charge >= 0.3 is 0 Å². The lowest BCUT2D eigenvalue weighted by Crippen LogP contribution is -2.38. The Morgan fingerprint density at radius 2 is 1.64 bits per heavy atom. The molecule has 2 aromatic rings. The Labute approximate surface area is 167 Å². The molecule has 2 aliphatic heterocycles. The van der Waals surface area contributed by atoms with Gasteiger partial charge in [0.25, 0.3) is 0 Å². The average Bonchev–Trinajstić information content (AvgIpc) is 2.74. The van der Waals surface area contributed by atoms with Crippen LogP contribution in [0, 0.1) is 18.8 Å². The quantitative estimate of drug-likeness (QED) is 0.749. The highest BCUT2D eigenvalue weighted by Gasteiger charge is 2.27. The van der Waals surface area contributed by atoms with E-state index in [1.807, 2.05) is 31.2 Å². The lowest BCUT2D eigenvalue weighted by molar-refractivity contribution is 0.0900. The van der Waals surface area contributed by atoms with Crippen molar-refractivity contribution in [3.05, 3.63) is 47.8 Å². The highest BCUT2D eigenvalue weighted by molar-refractivity contribution is 5.98. The minimum absolute atomic E-state index is 0.114. The second-order valence-corrected chi connectivity index (χ2v) is 8.42. The van der Waals surface area contributed by atoms with E-state index in [4.69, 9.17) is 0 Å². The van der Waals surface area contributed by atoms with Crippen molar-refractivity contribution in [2.45, 2.75) is 39.5 Å². The van der Waals surface area contributed by atoms with Gasteiger partial charge in [-0.2, -0.15) is 0 Å². The molecular formula is C23H30N4O. The van der Waals surface area contributed by atoms with E-state index in [1.54, 1.807) is 6.33 Å². The van der Waals surface area contributed by atoms with Gasteiger partial charge in [-0.05, 0) is 38.5 Å². The maximum absolute atomic E-state index is 12.8. The third-order valence-electron chi connectivity index (χ3n) is 6.15. The summed E-state index contributed by atoms with van der Waals surface area (Å²) in [5.41, 5.74) is 2.03. The zero-order valence-electron chi connectivity index (χ0n) is 17.0. The Bertz CT molecular complexity index is 812. The number of carbonyl (C=O) groups is 1. The van der Waals surface area contributed by atoms with E-state index in [1.165, 1.54) is 18.4 Å². The topological polar surface area (TPSA) is 49.3 Å². The Morgan fingerprint density at radius 3 is 2.32 bits per heavy atom. The second kappa shape index (κ2) is 8.29. The number of anilines is 2. The number of benzene rings is 1. The first-order valence-corrected chi connectivity index (χ1v) is 10.5. The number of hydrogen-bond donors (Lipinski definition) is 0. The van der Waals surface area contributed by atoms with Crippen molar-refractivity contribution in [1.82, 2.24) is 9.97 Å². The summed E-state index contributed by atoms with van der Waals surface area (Å²) in [6.45, 7) is 8.25. The molecule has 2 fully saturated rings. The smallest absolute Gasteiger partial charge is 0.166 e. The van der Waals surface area contributed by atoms with Crippen LogP contribution in [0.2, 0.25) is 0 Å². The molecule has 5 heteroatoms. The van der Waals surface area contributed by atoms with E-state index in [9.17, 15) is 4.79 Å². The van der Waals surface area contributed by atoms with Crippen molar-refractivity contribution in [2.75, 3.05) is 36.0 Å². The van der Waals surface area contributed by atoms with Crippen molar-refractivity contribution < 1.29 is 4.79 Å². The van der Waals surface area contributed by atoms with E-state index in [0.717, 1.165) is 62.1 Å². The summed E-state index contributed by atoms with van der Waals surface area (Å²) in [6, 6.07) is 10.1. The van der Waals surface area contributed by atoms with E-state index in [0.29, 0.717) is 0 Å². The summed E-state index contributed by atoms with van der Waals surface area (Å²) in [4.78, 5) is 26.5. The number of rotatable bonds is 4.